The summed E-state index contributed by atoms with van der Waals surface area (Å²) in [5.41, 5.74) is 0.719. The summed E-state index contributed by atoms with van der Waals surface area (Å²) in [5.74, 6) is 0.461. The predicted octanol–water partition coefficient (Wildman–Crippen LogP) is 2.59. The summed E-state index contributed by atoms with van der Waals surface area (Å²) in [6.07, 6.45) is 1.68. The maximum atomic E-state index is 13.1. The van der Waals surface area contributed by atoms with Crippen LogP contribution in [0.2, 0.25) is 5.02 Å². The first kappa shape index (κ1) is 18.5. The van der Waals surface area contributed by atoms with Gasteiger partial charge in [-0.15, -0.1) is 11.3 Å². The van der Waals surface area contributed by atoms with Crippen LogP contribution in [-0.2, 0) is 0 Å². The van der Waals surface area contributed by atoms with Crippen LogP contribution in [-0.4, -0.2) is 11.7 Å². The van der Waals surface area contributed by atoms with Gasteiger partial charge in [-0.05, 0) is 35.9 Å². The van der Waals surface area contributed by atoms with Gasteiger partial charge in [0.2, 0.25) is 0 Å². The van der Waals surface area contributed by atoms with Crippen LogP contribution in [0.25, 0.3) is 17.3 Å². The summed E-state index contributed by atoms with van der Waals surface area (Å²) in [4.78, 5) is 13.1. The number of para-hydroxylation sites is 2. The minimum absolute atomic E-state index is 0.145. The zero-order chi connectivity index (χ0) is 19.4. The third-order valence-corrected chi connectivity index (χ3v) is 5.06. The first-order valence-corrected chi connectivity index (χ1v) is 8.95. The van der Waals surface area contributed by atoms with Gasteiger partial charge in [0, 0.05) is 5.02 Å². The monoisotopic (exact) mass is 393 g/mol. The molecule has 0 spiro atoms. The van der Waals surface area contributed by atoms with Crippen molar-refractivity contribution in [1.29, 1.82) is 10.5 Å². The van der Waals surface area contributed by atoms with Crippen molar-refractivity contribution in [3.63, 3.8) is 0 Å². The Bertz CT molecular complexity index is 1260. The number of benzene rings is 2. The number of thiazole rings is 1. The Hall–Kier alpha value is -3.32. The van der Waals surface area contributed by atoms with Crippen LogP contribution in [0.3, 0.4) is 0 Å². The molecule has 27 heavy (non-hydrogen) atoms. The van der Waals surface area contributed by atoms with E-state index >= 15 is 0 Å². The average Bonchev–Trinajstić information content (AvgIpc) is 2.99. The topological polar surface area (TPSA) is 78.8 Å². The first-order chi connectivity index (χ1) is 13.1. The highest BCUT2D eigenvalue weighted by Crippen LogP contribution is 2.19. The van der Waals surface area contributed by atoms with E-state index in [0.29, 0.717) is 21.0 Å². The molecule has 0 N–H and O–H groups in total. The summed E-state index contributed by atoms with van der Waals surface area (Å²) < 4.78 is 7.31. The number of hydrogen-bond acceptors (Lipinski definition) is 5. The molecule has 3 aromatic rings. The van der Waals surface area contributed by atoms with Crippen LogP contribution >= 0.6 is 22.9 Å². The molecular weight excluding hydrogens is 382 g/mol. The largest absolute Gasteiger partial charge is 0.495 e. The van der Waals surface area contributed by atoms with Crippen molar-refractivity contribution in [2.75, 3.05) is 7.11 Å². The van der Waals surface area contributed by atoms with Gasteiger partial charge in [-0.25, -0.2) is 0 Å². The molecule has 0 unspecified atom stereocenters. The summed E-state index contributed by atoms with van der Waals surface area (Å²) >= 11 is 7.08. The van der Waals surface area contributed by atoms with Gasteiger partial charge >= 0.3 is 0 Å². The summed E-state index contributed by atoms with van der Waals surface area (Å²) in [6, 6.07) is 17.7. The number of rotatable bonds is 3. The Labute approximate surface area is 163 Å². The molecular formula is C20H12ClN3O2S. The maximum absolute atomic E-state index is 13.1. The Kier molecular flexibility index (Phi) is 5.42. The second-order valence-electron chi connectivity index (χ2n) is 5.38. The van der Waals surface area contributed by atoms with Crippen LogP contribution in [0.4, 0.5) is 0 Å². The molecule has 0 saturated heterocycles. The molecule has 0 aliphatic rings. The molecule has 5 nitrogen and oxygen atoms in total. The van der Waals surface area contributed by atoms with Crippen LogP contribution in [0.1, 0.15) is 5.56 Å². The molecule has 0 aliphatic heterocycles. The van der Waals surface area contributed by atoms with Gasteiger partial charge in [0.25, 0.3) is 5.56 Å². The molecule has 132 valence electrons. The first-order valence-electron chi connectivity index (χ1n) is 7.76. The molecule has 0 saturated carbocycles. The van der Waals surface area contributed by atoms with E-state index in [1.807, 2.05) is 18.2 Å². The van der Waals surface area contributed by atoms with E-state index < -0.39 is 0 Å². The van der Waals surface area contributed by atoms with Gasteiger partial charge < -0.3 is 4.74 Å². The normalized spacial score (nSPS) is 10.9. The second kappa shape index (κ2) is 7.92. The average molecular weight is 394 g/mol. The van der Waals surface area contributed by atoms with Crippen molar-refractivity contribution in [3.8, 4) is 23.6 Å². The van der Waals surface area contributed by atoms with Crippen LogP contribution in [0.15, 0.2) is 53.3 Å². The fraction of sp³-hybridized carbons (Fsp3) is 0.0500. The van der Waals surface area contributed by atoms with Crippen LogP contribution in [0.5, 0.6) is 5.75 Å². The van der Waals surface area contributed by atoms with E-state index in [1.165, 1.54) is 11.7 Å². The fourth-order valence-corrected chi connectivity index (χ4v) is 3.80. The third-order valence-electron chi connectivity index (χ3n) is 3.73. The van der Waals surface area contributed by atoms with Crippen molar-refractivity contribution >= 4 is 34.6 Å². The zero-order valence-electron chi connectivity index (χ0n) is 14.1. The third kappa shape index (κ3) is 3.63. The molecule has 2 aromatic carbocycles. The maximum Gasteiger partial charge on any atom is 0.273 e. The smallest absolute Gasteiger partial charge is 0.273 e. The van der Waals surface area contributed by atoms with Gasteiger partial charge in [0.15, 0.2) is 5.57 Å². The van der Waals surface area contributed by atoms with Gasteiger partial charge in [0.05, 0.1) is 17.3 Å². The lowest BCUT2D eigenvalue weighted by atomic mass is 10.2. The van der Waals surface area contributed by atoms with Gasteiger partial charge in [-0.1, -0.05) is 35.9 Å². The van der Waals surface area contributed by atoms with E-state index in [1.54, 1.807) is 48.5 Å². The Balaban J connectivity index is 2.43. The number of hydrogen-bond donors (Lipinski definition) is 0. The summed E-state index contributed by atoms with van der Waals surface area (Å²) in [6.45, 7) is 0. The number of halogens is 1. The molecule has 1 heterocycles. The van der Waals surface area contributed by atoms with Crippen LogP contribution in [0, 0.1) is 22.7 Å². The highest BCUT2D eigenvalue weighted by atomic mass is 35.5. The van der Waals surface area contributed by atoms with Crippen molar-refractivity contribution < 1.29 is 4.74 Å². The molecule has 0 atom stereocenters. The van der Waals surface area contributed by atoms with E-state index in [9.17, 15) is 15.3 Å². The van der Waals surface area contributed by atoms with E-state index in [2.05, 4.69) is 0 Å². The molecule has 0 fully saturated rings. The lowest BCUT2D eigenvalue weighted by Crippen LogP contribution is -2.31. The lowest BCUT2D eigenvalue weighted by Gasteiger charge is -2.08. The van der Waals surface area contributed by atoms with Crippen molar-refractivity contribution in [2.24, 2.45) is 0 Å². The van der Waals surface area contributed by atoms with E-state index in [0.717, 1.165) is 16.9 Å². The SMILES string of the molecule is COc1ccccc1-n1c(=C(C#N)C#N)s/c(=C/c2cccc(Cl)c2)c1=O. The number of nitriles is 2. The van der Waals surface area contributed by atoms with E-state index in [-0.39, 0.29) is 15.8 Å². The van der Waals surface area contributed by atoms with Gasteiger partial charge in [0.1, 0.15) is 22.6 Å². The number of aromatic nitrogens is 1. The summed E-state index contributed by atoms with van der Waals surface area (Å²) in [5, 5.41) is 19.2. The predicted molar refractivity (Wildman–Crippen MR) is 105 cm³/mol. The van der Waals surface area contributed by atoms with Crippen molar-refractivity contribution in [1.82, 2.24) is 4.57 Å². The Morgan fingerprint density at radius 1 is 1.19 bits per heavy atom. The molecule has 0 amide bonds. The second-order valence-corrected chi connectivity index (χ2v) is 6.85. The van der Waals surface area contributed by atoms with Crippen LogP contribution < -0.4 is 19.5 Å². The standard InChI is InChI=1S/C20H12ClN3O2S/c1-26-17-8-3-2-7-16(17)24-19(25)18(27-20(24)14(11-22)12-23)10-13-5-4-6-15(21)9-13/h2-10H,1H3/b18-10+. The number of methoxy groups -OCH3 is 1. The van der Waals surface area contributed by atoms with Gasteiger partial charge in [-0.2, -0.15) is 10.5 Å². The molecule has 0 bridgehead atoms. The zero-order valence-corrected chi connectivity index (χ0v) is 15.7. The fourth-order valence-electron chi connectivity index (χ4n) is 2.55. The highest BCUT2D eigenvalue weighted by molar-refractivity contribution is 7.07. The highest BCUT2D eigenvalue weighted by Gasteiger charge is 2.14. The van der Waals surface area contributed by atoms with E-state index in [4.69, 9.17) is 16.3 Å². The summed E-state index contributed by atoms with van der Waals surface area (Å²) in [7, 11) is 1.49. The molecule has 0 aliphatic carbocycles. The molecule has 0 radical (unpaired) electrons. The van der Waals surface area contributed by atoms with Gasteiger partial charge in [-0.3, -0.25) is 9.36 Å². The minimum Gasteiger partial charge on any atom is -0.495 e. The van der Waals surface area contributed by atoms with Crippen molar-refractivity contribution in [3.05, 3.63) is 78.7 Å². The minimum atomic E-state index is -0.345. The molecule has 1 aromatic heterocycles. The number of nitrogens with zero attached hydrogens (tertiary/aromatic N) is 3. The quantitative estimate of drug-likeness (QED) is 0.685. The molecule has 7 heteroatoms. The molecule has 3 rings (SSSR count). The Morgan fingerprint density at radius 2 is 1.93 bits per heavy atom. The number of ether oxygens (including phenoxy) is 1. The Morgan fingerprint density at radius 3 is 2.59 bits per heavy atom. The van der Waals surface area contributed by atoms with Crippen molar-refractivity contribution in [2.45, 2.75) is 0 Å². The lowest BCUT2D eigenvalue weighted by molar-refractivity contribution is 0.412.